The lowest BCUT2D eigenvalue weighted by molar-refractivity contribution is 0.348. The van der Waals surface area contributed by atoms with E-state index in [4.69, 9.17) is 0 Å². The highest BCUT2D eigenvalue weighted by atomic mass is 15.2. The summed E-state index contributed by atoms with van der Waals surface area (Å²) in [5, 5.41) is 4.82. The number of anilines is 12. The molecule has 0 saturated heterocycles. The first-order chi connectivity index (χ1) is 55.7. The molecule has 2 aliphatic carbocycles. The second kappa shape index (κ2) is 27.2. The minimum Gasteiger partial charge on any atom is -0.310 e. The van der Waals surface area contributed by atoms with Crippen LogP contribution in [-0.4, -0.2) is 0 Å². The fraction of sp³-hybridized carbons (Fsp3) is 0.298. The molecule has 14 aromatic rings. The van der Waals surface area contributed by atoms with E-state index in [0.29, 0.717) is 0 Å². The van der Waals surface area contributed by atoms with Crippen LogP contribution in [-0.2, 0) is 54.1 Å². The molecule has 0 N–H and O–H groups in total. The fourth-order valence-electron chi connectivity index (χ4n) is 21.5. The van der Waals surface area contributed by atoms with Crippen molar-refractivity contribution in [1.82, 2.24) is 0 Å². The van der Waals surface area contributed by atoms with Crippen LogP contribution in [0.5, 0.6) is 0 Å². The average Bonchev–Trinajstić information content (AvgIpc) is 1.49. The monoisotopic (exact) mass is 1540 g/mol. The van der Waals surface area contributed by atoms with Gasteiger partial charge in [-0.3, -0.25) is 0 Å². The van der Waals surface area contributed by atoms with E-state index < -0.39 is 10.8 Å². The standard InChI is InChI=1S/C114H118N4/c1-105(2,3)73-31-47-81(48-32-73)115-83-55-39-77(40-56-83)109(13,14)71-111(17,18)79-43-59-88(60-44-79)118(86-53-37-76(38-54-86)108(10,11)12)102-70-100-104(94-30-26-24-28-92(94)102)96-66-64-90-68-98(96)114(100,22)113(21)97-67-89(115)63-65-95(97)103-93-29-25-23-27-91(93)101(69-99(103)113)117(85-51-35-75(36-52-85)107(7,8)9)87-61-45-80(46-62-87)112(19,20)72-110(15,16)78-41-57-84(58-42-78)116(90)82-49-33-74(34-50-82)106(4,5)6/h23-70H,71-72H2,1-22H3. The largest absolute Gasteiger partial charge is 0.310 e. The number of hydrogen-bond donors (Lipinski definition) is 0. The molecule has 8 aliphatic rings. The maximum absolute atomic E-state index is 2.67. The Labute approximate surface area is 704 Å². The topological polar surface area (TPSA) is 13.0 Å². The first-order valence-electron chi connectivity index (χ1n) is 43.2. The van der Waals surface area contributed by atoms with Crippen molar-refractivity contribution in [2.24, 2.45) is 0 Å². The summed E-state index contributed by atoms with van der Waals surface area (Å²) in [4.78, 5) is 10.3. The van der Waals surface area contributed by atoms with Gasteiger partial charge in [-0.25, -0.2) is 0 Å². The van der Waals surface area contributed by atoms with Gasteiger partial charge in [-0.15, -0.1) is 0 Å². The summed E-state index contributed by atoms with van der Waals surface area (Å²) in [6, 6.07) is 116. The second-order valence-corrected chi connectivity index (χ2v) is 42.0. The SMILES string of the molecule is CC(C)(C)c1ccc(N2c3ccc(cc3)C(C)(C)CC(C)(C)c3ccc(cc3)N(c3ccc(C(C)(C)C)cc3)c3cc4c(c5ccccc35)-c3ccc5cc3C4(C)C3(C)c4cc2ccc4-c2c3cc(c3ccccc23)N(c2ccc(C(C)(C)C)cc2)c2ccc(cc2)C(C)(C)CC(C)(C)c2ccc(cc2)N5c2ccc(C(C)(C)C)cc2)cc1. The van der Waals surface area contributed by atoms with Crippen molar-refractivity contribution in [2.75, 3.05) is 19.6 Å². The van der Waals surface area contributed by atoms with Gasteiger partial charge in [0.1, 0.15) is 0 Å². The lowest BCUT2D eigenvalue weighted by Gasteiger charge is -2.46. The van der Waals surface area contributed by atoms with Gasteiger partial charge in [-0.1, -0.05) is 310 Å². The lowest BCUT2D eigenvalue weighted by atomic mass is 9.56. The van der Waals surface area contributed by atoms with Gasteiger partial charge in [-0.05, 0) is 289 Å². The van der Waals surface area contributed by atoms with Gasteiger partial charge in [0.25, 0.3) is 0 Å². The molecule has 0 spiro atoms. The van der Waals surface area contributed by atoms with E-state index in [2.05, 4.69) is 463 Å². The summed E-state index contributed by atoms with van der Waals surface area (Å²) >= 11 is 0. The van der Waals surface area contributed by atoms with E-state index in [-0.39, 0.29) is 43.3 Å². The smallest absolute Gasteiger partial charge is 0.0543 e. The van der Waals surface area contributed by atoms with Gasteiger partial charge in [0.2, 0.25) is 0 Å². The van der Waals surface area contributed by atoms with Crippen LogP contribution in [0.25, 0.3) is 43.8 Å². The van der Waals surface area contributed by atoms with Gasteiger partial charge < -0.3 is 19.6 Å². The summed E-state index contributed by atoms with van der Waals surface area (Å²) in [5.74, 6) is 0. The zero-order chi connectivity index (χ0) is 83.1. The predicted octanol–water partition coefficient (Wildman–Crippen LogP) is 32.3. The molecular weight excluding hydrogens is 1430 g/mol. The first kappa shape index (κ1) is 78.0. The summed E-state index contributed by atoms with van der Waals surface area (Å²) in [5.41, 5.74) is 31.1. The van der Waals surface area contributed by atoms with Crippen LogP contribution in [0.4, 0.5) is 68.2 Å². The Kier molecular flexibility index (Phi) is 18.0. The van der Waals surface area contributed by atoms with E-state index in [1.54, 1.807) is 0 Å². The van der Waals surface area contributed by atoms with Crippen molar-refractivity contribution in [3.05, 3.63) is 358 Å². The van der Waals surface area contributed by atoms with Crippen LogP contribution in [0.1, 0.15) is 232 Å². The molecule has 14 aromatic carbocycles. The van der Waals surface area contributed by atoms with Crippen LogP contribution < -0.4 is 19.6 Å². The van der Waals surface area contributed by atoms with Gasteiger partial charge in [0.15, 0.2) is 0 Å². The Bertz CT molecular complexity index is 5860. The summed E-state index contributed by atoms with van der Waals surface area (Å²) in [7, 11) is 0. The zero-order valence-electron chi connectivity index (χ0n) is 73.9. The molecule has 594 valence electrons. The maximum Gasteiger partial charge on any atom is 0.0543 e. The molecule has 0 amide bonds. The van der Waals surface area contributed by atoms with Crippen molar-refractivity contribution in [1.29, 1.82) is 0 Å². The van der Waals surface area contributed by atoms with E-state index in [0.717, 1.165) is 81.1 Å². The average molecular weight is 1540 g/mol. The predicted molar refractivity (Wildman–Crippen MR) is 507 cm³/mol. The van der Waals surface area contributed by atoms with Gasteiger partial charge in [0, 0.05) is 78.5 Å². The van der Waals surface area contributed by atoms with Crippen molar-refractivity contribution in [3.8, 4) is 22.3 Å². The number of rotatable bonds is 4. The van der Waals surface area contributed by atoms with E-state index in [1.165, 1.54) is 111 Å². The number of fused-ring (bicyclic) bond motifs is 10. The maximum atomic E-state index is 2.67. The van der Waals surface area contributed by atoms with Gasteiger partial charge in [-0.2, -0.15) is 0 Å². The second-order valence-electron chi connectivity index (χ2n) is 42.0. The van der Waals surface area contributed by atoms with Gasteiger partial charge >= 0.3 is 0 Å². The van der Waals surface area contributed by atoms with E-state index in [1.807, 2.05) is 0 Å². The highest BCUT2D eigenvalue weighted by Gasteiger charge is 2.59. The molecule has 22 rings (SSSR count). The third-order valence-corrected chi connectivity index (χ3v) is 28.1. The molecule has 6 heterocycles. The van der Waals surface area contributed by atoms with Crippen LogP contribution in [0.15, 0.2) is 291 Å². The highest BCUT2D eigenvalue weighted by molar-refractivity contribution is 6.14. The first-order valence-corrected chi connectivity index (χ1v) is 43.2. The normalized spacial score (nSPS) is 18.5. The van der Waals surface area contributed by atoms with Crippen LogP contribution >= 0.6 is 0 Å². The Morgan fingerprint density at radius 2 is 0.424 bits per heavy atom. The van der Waals surface area contributed by atoms with Crippen molar-refractivity contribution < 1.29 is 0 Å². The number of benzene rings is 14. The minimum atomic E-state index is -0.883. The van der Waals surface area contributed by atoms with Gasteiger partial charge in [0.05, 0.1) is 11.4 Å². The third-order valence-electron chi connectivity index (χ3n) is 28.1. The molecular formula is C114H118N4. The van der Waals surface area contributed by atoms with Crippen molar-refractivity contribution in [3.63, 3.8) is 0 Å². The third kappa shape index (κ3) is 12.7. The molecule has 4 heteroatoms. The molecule has 2 atom stereocenters. The molecule has 16 bridgehead atoms. The summed E-state index contributed by atoms with van der Waals surface area (Å²) < 4.78 is 0. The quantitative estimate of drug-likeness (QED) is 0.174. The zero-order valence-corrected chi connectivity index (χ0v) is 73.9. The van der Waals surface area contributed by atoms with E-state index >= 15 is 0 Å². The molecule has 4 nitrogen and oxygen atoms in total. The molecule has 0 aromatic heterocycles. The lowest BCUT2D eigenvalue weighted by Crippen LogP contribution is -2.44. The van der Waals surface area contributed by atoms with Crippen LogP contribution in [0, 0.1) is 0 Å². The Morgan fingerprint density at radius 3 is 0.661 bits per heavy atom. The summed E-state index contributed by atoms with van der Waals surface area (Å²) in [6.45, 7) is 52.8. The Hall–Kier alpha value is -11.2. The number of hydrogen-bond acceptors (Lipinski definition) is 4. The highest BCUT2D eigenvalue weighted by Crippen LogP contribution is 2.69. The molecule has 2 unspecified atom stereocenters. The van der Waals surface area contributed by atoms with Crippen molar-refractivity contribution in [2.45, 2.75) is 219 Å². The molecule has 0 saturated carbocycles. The molecule has 118 heavy (non-hydrogen) atoms. The molecule has 6 aliphatic heterocycles. The Balaban J connectivity index is 1.02. The van der Waals surface area contributed by atoms with E-state index in [9.17, 15) is 0 Å². The fourth-order valence-corrected chi connectivity index (χ4v) is 21.5. The van der Waals surface area contributed by atoms with Crippen LogP contribution in [0.2, 0.25) is 0 Å². The molecule has 0 fully saturated rings. The minimum absolute atomic E-state index is 0.0496. The van der Waals surface area contributed by atoms with Crippen molar-refractivity contribution >= 4 is 89.8 Å². The molecule has 0 radical (unpaired) electrons. The summed E-state index contributed by atoms with van der Waals surface area (Å²) in [6.07, 6.45) is 1.87. The number of nitrogens with zero attached hydrogens (tertiary/aromatic N) is 4. The van der Waals surface area contributed by atoms with Crippen LogP contribution in [0.3, 0.4) is 0 Å². The Morgan fingerprint density at radius 1 is 0.212 bits per heavy atom.